The Kier molecular flexibility index (Phi) is 3.71. The molecule has 5 rings (SSSR count). The Morgan fingerprint density at radius 2 is 2.19 bits per heavy atom. The molecule has 136 valence electrons. The van der Waals surface area contributed by atoms with Crippen LogP contribution in [0.25, 0.3) is 17.0 Å². The van der Waals surface area contributed by atoms with Crippen LogP contribution >= 0.6 is 0 Å². The Morgan fingerprint density at radius 1 is 1.35 bits per heavy atom. The van der Waals surface area contributed by atoms with E-state index in [0.717, 1.165) is 23.5 Å². The summed E-state index contributed by atoms with van der Waals surface area (Å²) in [7, 11) is 1.45. The van der Waals surface area contributed by atoms with Gasteiger partial charge in [-0.25, -0.2) is 9.36 Å². The Labute approximate surface area is 154 Å². The van der Waals surface area contributed by atoms with Crippen LogP contribution in [-0.4, -0.2) is 41.8 Å². The second-order valence-electron chi connectivity index (χ2n) is 8.07. The first-order valence-corrected chi connectivity index (χ1v) is 9.84. The Bertz CT molecular complexity index is 893. The molecule has 2 aliphatic carbocycles. The van der Waals surface area contributed by atoms with Gasteiger partial charge in [-0.1, -0.05) is 18.7 Å². The number of carbonyl (C=O) groups excluding carboxylic acids is 1. The minimum Gasteiger partial charge on any atom is -0.452 e. The van der Waals surface area contributed by atoms with Gasteiger partial charge in [0.1, 0.15) is 0 Å². The summed E-state index contributed by atoms with van der Waals surface area (Å²) >= 11 is 0. The second-order valence-corrected chi connectivity index (χ2v) is 8.07. The molecule has 1 saturated heterocycles. The molecule has 1 aromatic heterocycles. The van der Waals surface area contributed by atoms with Crippen molar-refractivity contribution in [2.24, 2.45) is 5.92 Å². The van der Waals surface area contributed by atoms with Crippen LogP contribution in [0.3, 0.4) is 0 Å². The number of benzene rings is 1. The van der Waals surface area contributed by atoms with Crippen LogP contribution in [0.1, 0.15) is 48.4 Å². The van der Waals surface area contributed by atoms with Crippen molar-refractivity contribution >= 4 is 23.1 Å². The summed E-state index contributed by atoms with van der Waals surface area (Å²) in [4.78, 5) is 15.2. The molecule has 1 aromatic carbocycles. The number of carbonyl (C=O) groups is 1. The van der Waals surface area contributed by atoms with E-state index in [-0.39, 0.29) is 6.09 Å². The first kappa shape index (κ1) is 16.1. The van der Waals surface area contributed by atoms with E-state index in [9.17, 15) is 4.79 Å². The topological polar surface area (TPSA) is 34.5 Å². The third kappa shape index (κ3) is 2.28. The molecule has 0 radical (unpaired) electrons. The average molecular weight is 350 g/mol. The highest BCUT2D eigenvalue weighted by molar-refractivity contribution is 5.98. The van der Waals surface area contributed by atoms with E-state index in [1.165, 1.54) is 62.4 Å². The van der Waals surface area contributed by atoms with Gasteiger partial charge in [0.15, 0.2) is 0 Å². The molecule has 2 atom stereocenters. The smallest absolute Gasteiger partial charge is 0.418 e. The number of rotatable bonds is 3. The molecule has 0 N–H and O–H groups in total. The van der Waals surface area contributed by atoms with Crippen LogP contribution in [0.15, 0.2) is 24.8 Å². The van der Waals surface area contributed by atoms with Gasteiger partial charge in [-0.2, -0.15) is 0 Å². The van der Waals surface area contributed by atoms with Gasteiger partial charge in [0, 0.05) is 23.9 Å². The highest BCUT2D eigenvalue weighted by Crippen LogP contribution is 2.46. The number of methoxy groups -OCH3 is 1. The number of aromatic nitrogens is 1. The van der Waals surface area contributed by atoms with Crippen LogP contribution < -0.4 is 0 Å². The van der Waals surface area contributed by atoms with Crippen molar-refractivity contribution in [3.63, 3.8) is 0 Å². The number of likely N-dealkylation sites (tertiary alicyclic amines) is 1. The second kappa shape index (κ2) is 5.98. The van der Waals surface area contributed by atoms with Crippen LogP contribution in [0, 0.1) is 5.92 Å². The van der Waals surface area contributed by atoms with Gasteiger partial charge in [0.25, 0.3) is 0 Å². The monoisotopic (exact) mass is 350 g/mol. The molecule has 4 heteroatoms. The predicted octanol–water partition coefficient (Wildman–Crippen LogP) is 4.41. The Morgan fingerprint density at radius 3 is 2.92 bits per heavy atom. The summed E-state index contributed by atoms with van der Waals surface area (Å²) in [6, 6.07) is 6.96. The van der Waals surface area contributed by atoms with Crippen molar-refractivity contribution in [1.82, 2.24) is 9.47 Å². The molecule has 0 spiro atoms. The minimum absolute atomic E-state index is 0.326. The minimum atomic E-state index is -0.326. The van der Waals surface area contributed by atoms with Gasteiger partial charge in [-0.05, 0) is 67.8 Å². The zero-order valence-corrected chi connectivity index (χ0v) is 15.4. The number of piperidine rings is 1. The summed E-state index contributed by atoms with van der Waals surface area (Å²) < 4.78 is 6.78. The van der Waals surface area contributed by atoms with E-state index < -0.39 is 0 Å². The molecule has 3 aliphatic rings. The predicted molar refractivity (Wildman–Crippen MR) is 104 cm³/mol. The number of fused-ring (bicyclic) bond motifs is 2. The summed E-state index contributed by atoms with van der Waals surface area (Å²) in [5.41, 5.74) is 4.58. The summed E-state index contributed by atoms with van der Waals surface area (Å²) in [5, 5.41) is 1.27. The summed E-state index contributed by atoms with van der Waals surface area (Å²) in [5.74, 6) is 1.48. The molecule has 0 amide bonds. The maximum absolute atomic E-state index is 12.5. The molecule has 0 unspecified atom stereocenters. The van der Waals surface area contributed by atoms with E-state index in [1.54, 1.807) is 4.57 Å². The SMILES string of the molecule is C=Cc1c2c3c(cccc3n1C(=O)OC)[C@H]1CCCN(CC3CC3)[C@@H]1C2. The molecule has 26 heavy (non-hydrogen) atoms. The van der Waals surface area contributed by atoms with Gasteiger partial charge in [-0.15, -0.1) is 0 Å². The molecule has 1 saturated carbocycles. The van der Waals surface area contributed by atoms with Gasteiger partial charge >= 0.3 is 6.09 Å². The van der Waals surface area contributed by atoms with Gasteiger partial charge < -0.3 is 4.74 Å². The molecular formula is C22H26N2O2. The largest absolute Gasteiger partial charge is 0.452 e. The van der Waals surface area contributed by atoms with Gasteiger partial charge in [0.05, 0.1) is 18.3 Å². The normalized spacial score (nSPS) is 25.1. The molecule has 2 heterocycles. The van der Waals surface area contributed by atoms with Crippen LogP contribution in [0.2, 0.25) is 0 Å². The quantitative estimate of drug-likeness (QED) is 0.822. The highest BCUT2D eigenvalue weighted by Gasteiger charge is 2.41. The van der Waals surface area contributed by atoms with Crippen molar-refractivity contribution in [1.29, 1.82) is 0 Å². The summed E-state index contributed by atoms with van der Waals surface area (Å²) in [6.45, 7) is 6.46. The van der Waals surface area contributed by atoms with E-state index in [2.05, 4.69) is 23.6 Å². The van der Waals surface area contributed by atoms with Crippen molar-refractivity contribution < 1.29 is 9.53 Å². The average Bonchev–Trinajstić information content (AvgIpc) is 3.43. The zero-order chi connectivity index (χ0) is 17.8. The Balaban J connectivity index is 1.68. The molecule has 2 fully saturated rings. The Hall–Kier alpha value is -2.07. The third-order valence-corrected chi connectivity index (χ3v) is 6.61. The first-order chi connectivity index (χ1) is 12.7. The fourth-order valence-corrected chi connectivity index (χ4v) is 5.31. The van der Waals surface area contributed by atoms with E-state index in [0.29, 0.717) is 12.0 Å². The number of hydrogen-bond donors (Lipinski definition) is 0. The van der Waals surface area contributed by atoms with Crippen molar-refractivity contribution in [3.8, 4) is 0 Å². The number of nitrogens with zero attached hydrogens (tertiary/aromatic N) is 2. The maximum Gasteiger partial charge on any atom is 0.418 e. The van der Waals surface area contributed by atoms with Crippen molar-refractivity contribution in [3.05, 3.63) is 41.6 Å². The lowest BCUT2D eigenvalue weighted by atomic mass is 9.74. The van der Waals surface area contributed by atoms with E-state index in [1.807, 2.05) is 12.1 Å². The van der Waals surface area contributed by atoms with Crippen LogP contribution in [0.5, 0.6) is 0 Å². The first-order valence-electron chi connectivity index (χ1n) is 9.84. The summed E-state index contributed by atoms with van der Waals surface area (Å²) in [6.07, 6.45) is 7.81. The van der Waals surface area contributed by atoms with Gasteiger partial charge in [-0.3, -0.25) is 4.90 Å². The highest BCUT2D eigenvalue weighted by atomic mass is 16.5. The lowest BCUT2D eigenvalue weighted by Gasteiger charge is -2.44. The van der Waals surface area contributed by atoms with Crippen molar-refractivity contribution in [2.75, 3.05) is 20.2 Å². The molecule has 0 bridgehead atoms. The van der Waals surface area contributed by atoms with E-state index in [4.69, 9.17) is 4.74 Å². The maximum atomic E-state index is 12.5. The standard InChI is InChI=1S/C22H26N2O2/c1-3-18-17-12-20-15(7-5-11-23(20)13-14-9-10-14)16-6-4-8-19(21(16)17)24(18)22(25)26-2/h3-4,6,8,14-15,20H,1,5,7,9-13H2,2H3/t15-,20-/m1/s1. The van der Waals surface area contributed by atoms with Crippen LogP contribution in [-0.2, 0) is 11.2 Å². The number of ether oxygens (including phenoxy) is 1. The van der Waals surface area contributed by atoms with Gasteiger partial charge in [0.2, 0.25) is 0 Å². The molecular weight excluding hydrogens is 324 g/mol. The molecule has 2 aromatic rings. The fraction of sp³-hybridized carbons (Fsp3) is 0.500. The lowest BCUT2D eigenvalue weighted by molar-refractivity contribution is 0.118. The number of hydrogen-bond acceptors (Lipinski definition) is 3. The van der Waals surface area contributed by atoms with Crippen LogP contribution in [0.4, 0.5) is 4.79 Å². The molecule has 4 nitrogen and oxygen atoms in total. The zero-order valence-electron chi connectivity index (χ0n) is 15.4. The lowest BCUT2D eigenvalue weighted by Crippen LogP contribution is -2.47. The van der Waals surface area contributed by atoms with E-state index >= 15 is 0 Å². The fourth-order valence-electron chi connectivity index (χ4n) is 5.31. The third-order valence-electron chi connectivity index (χ3n) is 6.61. The van der Waals surface area contributed by atoms with Crippen molar-refractivity contribution in [2.45, 2.75) is 44.1 Å². The molecule has 1 aliphatic heterocycles.